The molecule has 11 heteroatoms. The molecule has 0 radical (unpaired) electrons. The predicted molar refractivity (Wildman–Crippen MR) is 140 cm³/mol. The Hall–Kier alpha value is -2.46. The van der Waals surface area contributed by atoms with Crippen molar-refractivity contribution in [2.75, 3.05) is 31.1 Å². The Morgan fingerprint density at radius 2 is 2.08 bits per heavy atom. The van der Waals surface area contributed by atoms with Gasteiger partial charge in [0.05, 0.1) is 30.5 Å². The normalized spacial score (nSPS) is 23.9. The van der Waals surface area contributed by atoms with E-state index in [9.17, 15) is 9.90 Å². The molecule has 3 aromatic rings. The molecule has 2 aliphatic heterocycles. The molecular formula is C25H31Cl2N7O2. The maximum Gasteiger partial charge on any atom is 0.223 e. The molecule has 2 fully saturated rings. The van der Waals surface area contributed by atoms with Crippen LogP contribution in [0.25, 0.3) is 11.2 Å². The summed E-state index contributed by atoms with van der Waals surface area (Å²) in [5.74, 6) is -0.000981. The first-order valence-corrected chi connectivity index (χ1v) is 13.1. The van der Waals surface area contributed by atoms with Crippen LogP contribution in [0.1, 0.15) is 43.5 Å². The summed E-state index contributed by atoms with van der Waals surface area (Å²) >= 11 is 12.6. The summed E-state index contributed by atoms with van der Waals surface area (Å²) in [5.41, 5.74) is 8.91. The number of aliphatic hydroxyl groups excluding tert-OH is 1. The third-order valence-electron chi connectivity index (χ3n) is 7.66. The van der Waals surface area contributed by atoms with Gasteiger partial charge in [0, 0.05) is 35.2 Å². The van der Waals surface area contributed by atoms with Crippen molar-refractivity contribution in [3.05, 3.63) is 45.7 Å². The van der Waals surface area contributed by atoms with E-state index in [-0.39, 0.29) is 36.6 Å². The van der Waals surface area contributed by atoms with Crippen LogP contribution < -0.4 is 10.6 Å². The minimum absolute atomic E-state index is 0.0231. The van der Waals surface area contributed by atoms with Crippen molar-refractivity contribution in [2.45, 2.75) is 51.2 Å². The number of amides is 1. The van der Waals surface area contributed by atoms with Gasteiger partial charge in [-0.2, -0.15) is 5.10 Å². The fraction of sp³-hybridized carbons (Fsp3) is 0.520. The van der Waals surface area contributed by atoms with Crippen molar-refractivity contribution in [1.82, 2.24) is 24.6 Å². The lowest BCUT2D eigenvalue weighted by Gasteiger charge is -2.43. The highest BCUT2D eigenvalue weighted by molar-refractivity contribution is 6.35. The number of benzene rings is 1. The van der Waals surface area contributed by atoms with E-state index < -0.39 is 0 Å². The van der Waals surface area contributed by atoms with Gasteiger partial charge in [0.1, 0.15) is 11.3 Å². The van der Waals surface area contributed by atoms with Gasteiger partial charge in [0.15, 0.2) is 5.65 Å². The van der Waals surface area contributed by atoms with Gasteiger partial charge in [0.2, 0.25) is 5.91 Å². The highest BCUT2D eigenvalue weighted by atomic mass is 35.5. The Kier molecular flexibility index (Phi) is 7.09. The van der Waals surface area contributed by atoms with E-state index >= 15 is 0 Å². The van der Waals surface area contributed by atoms with Gasteiger partial charge < -0.3 is 15.7 Å². The number of likely N-dealkylation sites (tertiary alicyclic amines) is 1. The molecule has 0 spiro atoms. The summed E-state index contributed by atoms with van der Waals surface area (Å²) in [6.45, 7) is 6.08. The zero-order chi connectivity index (χ0) is 25.6. The first-order chi connectivity index (χ1) is 17.3. The lowest BCUT2D eigenvalue weighted by molar-refractivity contribution is -0.124. The molecule has 0 aliphatic carbocycles. The molecule has 5 rings (SSSR count). The topological polar surface area (TPSA) is 113 Å². The molecule has 0 bridgehead atoms. The molecule has 4 atom stereocenters. The summed E-state index contributed by atoms with van der Waals surface area (Å²) in [4.78, 5) is 26.5. The Bertz CT molecular complexity index is 1280. The Balaban J connectivity index is 1.45. The third-order valence-corrected chi connectivity index (χ3v) is 8.23. The number of primary amides is 1. The van der Waals surface area contributed by atoms with Crippen LogP contribution in [0, 0.1) is 12.8 Å². The number of carbonyl (C=O) groups is 1. The largest absolute Gasteiger partial charge is 0.395 e. The van der Waals surface area contributed by atoms with Gasteiger partial charge in [-0.1, -0.05) is 29.3 Å². The Labute approximate surface area is 220 Å². The minimum Gasteiger partial charge on any atom is -0.395 e. The highest BCUT2D eigenvalue weighted by Crippen LogP contribution is 2.33. The summed E-state index contributed by atoms with van der Waals surface area (Å²) in [5, 5.41) is 15.7. The second-order valence-corrected chi connectivity index (χ2v) is 10.6. The number of fused-ring (bicyclic) bond motifs is 1. The molecule has 36 heavy (non-hydrogen) atoms. The van der Waals surface area contributed by atoms with Gasteiger partial charge >= 0.3 is 0 Å². The second-order valence-electron chi connectivity index (χ2n) is 9.80. The highest BCUT2D eigenvalue weighted by Gasteiger charge is 2.41. The number of hydrogen-bond donors (Lipinski definition) is 2. The molecule has 1 aromatic carbocycles. The molecule has 2 aliphatic rings. The predicted octanol–water partition coefficient (Wildman–Crippen LogP) is 3.19. The van der Waals surface area contributed by atoms with Crippen molar-refractivity contribution in [2.24, 2.45) is 11.7 Å². The molecule has 9 nitrogen and oxygen atoms in total. The molecule has 1 unspecified atom stereocenters. The number of anilines is 1. The van der Waals surface area contributed by atoms with Crippen LogP contribution in [0.4, 0.5) is 5.82 Å². The van der Waals surface area contributed by atoms with Crippen molar-refractivity contribution >= 4 is 46.1 Å². The number of rotatable bonds is 6. The Morgan fingerprint density at radius 1 is 1.28 bits per heavy atom. The molecule has 2 saturated heterocycles. The van der Waals surface area contributed by atoms with E-state index in [1.54, 1.807) is 12.3 Å². The second kappa shape index (κ2) is 10.1. The standard InChI is InChI=1S/C25H31Cl2N7O2/c1-14-23-25(34(31-14)15(2)18-6-5-16(26)10-20(18)27)30-22(11-29-23)32-9-7-21(19(12-32)24(28)36)33-8-3-4-17(33)13-35/h5-6,10-11,15,17,19,21,35H,3-4,7-9,12-13H2,1-2H3,(H2,28,36)/t15-,17+,19-,21?/m1/s1. The fourth-order valence-electron chi connectivity index (χ4n) is 5.75. The number of halogens is 2. The summed E-state index contributed by atoms with van der Waals surface area (Å²) in [6, 6.07) is 5.36. The van der Waals surface area contributed by atoms with Gasteiger partial charge in [-0.25, -0.2) is 14.6 Å². The number of aliphatic hydroxyl groups is 1. The molecule has 3 N–H and O–H groups in total. The number of nitrogens with zero attached hydrogens (tertiary/aromatic N) is 6. The van der Waals surface area contributed by atoms with Crippen molar-refractivity contribution in [1.29, 1.82) is 0 Å². The number of aryl methyl sites for hydroxylation is 1. The smallest absolute Gasteiger partial charge is 0.223 e. The lowest BCUT2D eigenvalue weighted by atomic mass is 9.89. The van der Waals surface area contributed by atoms with Crippen LogP contribution in [-0.4, -0.2) is 74.0 Å². The van der Waals surface area contributed by atoms with Crippen LogP contribution in [0.3, 0.4) is 0 Å². The van der Waals surface area contributed by atoms with Crippen molar-refractivity contribution < 1.29 is 9.90 Å². The van der Waals surface area contributed by atoms with Crippen LogP contribution >= 0.6 is 23.2 Å². The lowest BCUT2D eigenvalue weighted by Crippen LogP contribution is -2.57. The van der Waals surface area contributed by atoms with E-state index in [2.05, 4.69) is 14.8 Å². The number of hydrogen-bond acceptors (Lipinski definition) is 7. The van der Waals surface area contributed by atoms with Crippen molar-refractivity contribution in [3.8, 4) is 0 Å². The molecule has 192 valence electrons. The SMILES string of the molecule is Cc1nn([C@H](C)c2ccc(Cl)cc2Cl)c2nc(N3CCC(N4CCC[C@H]4CO)[C@H](C(N)=O)C3)cnc12. The van der Waals surface area contributed by atoms with E-state index in [4.69, 9.17) is 39.0 Å². The third kappa shape index (κ3) is 4.53. The van der Waals surface area contributed by atoms with Crippen LogP contribution in [0.15, 0.2) is 24.4 Å². The molecule has 1 amide bonds. The van der Waals surface area contributed by atoms with Crippen LogP contribution in [0.5, 0.6) is 0 Å². The average Bonchev–Trinajstić information content (AvgIpc) is 3.47. The average molecular weight is 532 g/mol. The molecule has 2 aromatic heterocycles. The molecule has 4 heterocycles. The van der Waals surface area contributed by atoms with Crippen molar-refractivity contribution in [3.63, 3.8) is 0 Å². The Morgan fingerprint density at radius 3 is 2.81 bits per heavy atom. The van der Waals surface area contributed by atoms with Crippen LogP contribution in [0.2, 0.25) is 10.0 Å². The maximum atomic E-state index is 12.5. The zero-order valence-electron chi connectivity index (χ0n) is 20.4. The first-order valence-electron chi connectivity index (χ1n) is 12.4. The molecular weight excluding hydrogens is 501 g/mol. The number of aromatic nitrogens is 4. The van der Waals surface area contributed by atoms with E-state index in [1.165, 1.54) is 0 Å². The van der Waals surface area contributed by atoms with E-state index in [0.29, 0.717) is 28.1 Å². The van der Waals surface area contributed by atoms with Crippen LogP contribution in [-0.2, 0) is 4.79 Å². The molecule has 0 saturated carbocycles. The van der Waals surface area contributed by atoms with Gasteiger partial charge in [-0.3, -0.25) is 9.69 Å². The number of nitrogens with two attached hydrogens (primary N) is 1. The quantitative estimate of drug-likeness (QED) is 0.501. The minimum atomic E-state index is -0.359. The van der Waals surface area contributed by atoms with E-state index in [1.807, 2.05) is 30.7 Å². The monoisotopic (exact) mass is 531 g/mol. The van der Waals surface area contributed by atoms with Gasteiger partial charge in [-0.15, -0.1) is 0 Å². The summed E-state index contributed by atoms with van der Waals surface area (Å²) < 4.78 is 1.84. The maximum absolute atomic E-state index is 12.5. The summed E-state index contributed by atoms with van der Waals surface area (Å²) in [6.07, 6.45) is 4.48. The van der Waals surface area contributed by atoms with Gasteiger partial charge in [0.25, 0.3) is 0 Å². The fourth-order valence-corrected chi connectivity index (χ4v) is 6.32. The first kappa shape index (κ1) is 25.2. The summed E-state index contributed by atoms with van der Waals surface area (Å²) in [7, 11) is 0. The number of carbonyl (C=O) groups excluding carboxylic acids is 1. The van der Waals surface area contributed by atoms with Gasteiger partial charge in [-0.05, 0) is 57.4 Å². The number of piperidine rings is 1. The zero-order valence-corrected chi connectivity index (χ0v) is 22.0. The van der Waals surface area contributed by atoms with E-state index in [0.717, 1.165) is 49.1 Å².